The highest BCUT2D eigenvalue weighted by Crippen LogP contribution is 2.21. The van der Waals surface area contributed by atoms with E-state index in [4.69, 9.17) is 27.9 Å². The highest BCUT2D eigenvalue weighted by molar-refractivity contribution is 6.36. The molecular weight excluding hydrogens is 285 g/mol. The molecule has 0 bridgehead atoms. The Balaban J connectivity index is 5.39. The molecule has 6 nitrogen and oxygen atoms in total. The van der Waals surface area contributed by atoms with Gasteiger partial charge < -0.3 is 9.47 Å². The number of esters is 1. The lowest BCUT2D eigenvalue weighted by atomic mass is 10.2. The van der Waals surface area contributed by atoms with Crippen LogP contribution in [0.5, 0.6) is 0 Å². The minimum atomic E-state index is -0.902. The molecule has 0 spiro atoms. The summed E-state index contributed by atoms with van der Waals surface area (Å²) < 4.78 is 9.13. The van der Waals surface area contributed by atoms with Gasteiger partial charge in [-0.2, -0.15) is 0 Å². The maximum Gasteiger partial charge on any atom is 0.341 e. The fraction of sp³-hybridized carbons (Fsp3) is 0.300. The number of carbonyl (C=O) groups excluding carboxylic acids is 1. The Morgan fingerprint density at radius 2 is 1.94 bits per heavy atom. The van der Waals surface area contributed by atoms with Crippen molar-refractivity contribution in [2.45, 2.75) is 0 Å². The quantitative estimate of drug-likeness (QED) is 0.187. The fourth-order valence-electron chi connectivity index (χ4n) is 0.866. The van der Waals surface area contributed by atoms with Gasteiger partial charge in [-0.05, 0) is 6.08 Å². The zero-order valence-electron chi connectivity index (χ0n) is 9.74. The molecule has 0 amide bonds. The first-order chi connectivity index (χ1) is 8.33. The second-order valence-corrected chi connectivity index (χ2v) is 3.74. The largest absolute Gasteiger partial charge is 0.496 e. The molecule has 0 saturated carbocycles. The molecule has 100 valence electrons. The second-order valence-electron chi connectivity index (χ2n) is 2.93. The van der Waals surface area contributed by atoms with Gasteiger partial charge in [0.05, 0.1) is 24.3 Å². The zero-order chi connectivity index (χ0) is 14.3. The summed E-state index contributed by atoms with van der Waals surface area (Å²) >= 11 is 11.5. The van der Waals surface area contributed by atoms with E-state index in [1.165, 1.54) is 7.11 Å². The normalized spacial score (nSPS) is 12.6. The van der Waals surface area contributed by atoms with Crippen LogP contribution < -0.4 is 0 Å². The number of allylic oxidation sites excluding steroid dienone is 3. The predicted octanol–water partition coefficient (Wildman–Crippen LogP) is 2.21. The van der Waals surface area contributed by atoms with Gasteiger partial charge in [-0.3, -0.25) is 10.1 Å². The van der Waals surface area contributed by atoms with Crippen molar-refractivity contribution in [2.24, 2.45) is 0 Å². The summed E-state index contributed by atoms with van der Waals surface area (Å²) in [5.41, 5.74) is -0.314. The van der Waals surface area contributed by atoms with E-state index in [1.54, 1.807) is 0 Å². The van der Waals surface area contributed by atoms with Crippen LogP contribution in [0.1, 0.15) is 0 Å². The van der Waals surface area contributed by atoms with E-state index in [0.717, 1.165) is 13.2 Å². The molecule has 8 heteroatoms. The van der Waals surface area contributed by atoms with Crippen LogP contribution >= 0.6 is 23.2 Å². The first-order valence-electron chi connectivity index (χ1n) is 4.52. The highest BCUT2D eigenvalue weighted by Gasteiger charge is 2.20. The van der Waals surface area contributed by atoms with Gasteiger partial charge in [-0.1, -0.05) is 29.8 Å². The van der Waals surface area contributed by atoms with Crippen molar-refractivity contribution in [2.75, 3.05) is 20.8 Å². The summed E-state index contributed by atoms with van der Waals surface area (Å²) in [5, 5.41) is 10.2. The lowest BCUT2D eigenvalue weighted by Crippen LogP contribution is -2.15. The molecule has 0 fully saturated rings. The predicted molar refractivity (Wildman–Crippen MR) is 66.8 cm³/mol. The smallest absolute Gasteiger partial charge is 0.341 e. The number of hydrogen-bond acceptors (Lipinski definition) is 5. The number of hydrogen-bond donors (Lipinski definition) is 0. The van der Waals surface area contributed by atoms with Crippen molar-refractivity contribution in [3.8, 4) is 0 Å². The topological polar surface area (TPSA) is 78.7 Å². The van der Waals surface area contributed by atoms with Gasteiger partial charge >= 0.3 is 5.97 Å². The van der Waals surface area contributed by atoms with Crippen LogP contribution in [-0.4, -0.2) is 31.7 Å². The molecule has 0 aliphatic rings. The third kappa shape index (κ3) is 5.20. The van der Waals surface area contributed by atoms with E-state index in [-0.39, 0.29) is 21.4 Å². The first kappa shape index (κ1) is 16.5. The summed E-state index contributed by atoms with van der Waals surface area (Å²) in [5.74, 6) is -0.791. The van der Waals surface area contributed by atoms with Gasteiger partial charge in [0.15, 0.2) is 0 Å². The highest BCUT2D eigenvalue weighted by atomic mass is 35.5. The Morgan fingerprint density at radius 3 is 2.33 bits per heavy atom. The Bertz CT molecular complexity index is 428. The van der Waals surface area contributed by atoms with Crippen LogP contribution in [0.2, 0.25) is 0 Å². The molecule has 0 saturated heterocycles. The van der Waals surface area contributed by atoms with E-state index in [0.29, 0.717) is 0 Å². The van der Waals surface area contributed by atoms with Crippen molar-refractivity contribution in [3.63, 3.8) is 0 Å². The third-order valence-electron chi connectivity index (χ3n) is 1.77. The molecule has 0 radical (unpaired) electrons. The van der Waals surface area contributed by atoms with Crippen molar-refractivity contribution in [3.05, 3.63) is 44.2 Å². The van der Waals surface area contributed by atoms with Crippen LogP contribution in [0, 0.1) is 10.1 Å². The summed E-state index contributed by atoms with van der Waals surface area (Å²) in [6.07, 6.45) is 1.13. The van der Waals surface area contributed by atoms with Gasteiger partial charge in [0.2, 0.25) is 6.54 Å². The summed E-state index contributed by atoms with van der Waals surface area (Å²) in [6, 6.07) is 0. The zero-order valence-corrected chi connectivity index (χ0v) is 11.2. The van der Waals surface area contributed by atoms with Crippen molar-refractivity contribution < 1.29 is 19.2 Å². The molecule has 0 unspecified atom stereocenters. The van der Waals surface area contributed by atoms with Crippen LogP contribution in [0.4, 0.5) is 0 Å². The van der Waals surface area contributed by atoms with E-state index < -0.39 is 17.4 Å². The second kappa shape index (κ2) is 7.73. The molecule has 0 rings (SSSR count). The molecule has 0 heterocycles. The maximum atomic E-state index is 11.3. The van der Waals surface area contributed by atoms with E-state index in [1.807, 2.05) is 0 Å². The number of carbonyl (C=O) groups is 1. The Morgan fingerprint density at radius 1 is 1.39 bits per heavy atom. The standard InChI is InChI=1S/C10H11Cl2NO5/c1-6(17-2)8(11)4-9(12)7(5-13(15)16)10(14)18-3/h4H,1,5H2,2-3H3/b8-4+,9-7-. The van der Waals surface area contributed by atoms with Crippen molar-refractivity contribution >= 4 is 29.2 Å². The van der Waals surface area contributed by atoms with Crippen LogP contribution in [0.15, 0.2) is 34.1 Å². The molecule has 18 heavy (non-hydrogen) atoms. The van der Waals surface area contributed by atoms with E-state index >= 15 is 0 Å². The lowest BCUT2D eigenvalue weighted by molar-refractivity contribution is -0.470. The van der Waals surface area contributed by atoms with Crippen molar-refractivity contribution in [1.29, 1.82) is 0 Å². The summed E-state index contributed by atoms with van der Waals surface area (Å²) in [6.45, 7) is 2.69. The molecule has 0 aliphatic heterocycles. The molecule has 0 aliphatic carbocycles. The van der Waals surface area contributed by atoms with Crippen LogP contribution in [-0.2, 0) is 14.3 Å². The van der Waals surface area contributed by atoms with Gasteiger partial charge in [0, 0.05) is 4.92 Å². The van der Waals surface area contributed by atoms with Gasteiger partial charge in [0.25, 0.3) is 0 Å². The van der Waals surface area contributed by atoms with E-state index in [9.17, 15) is 14.9 Å². The lowest BCUT2D eigenvalue weighted by Gasteiger charge is -2.04. The maximum absolute atomic E-state index is 11.3. The number of halogens is 2. The molecular formula is C10H11Cl2NO5. The molecule has 0 aromatic carbocycles. The summed E-state index contributed by atoms with van der Waals surface area (Å²) in [4.78, 5) is 21.0. The van der Waals surface area contributed by atoms with Crippen molar-refractivity contribution in [1.82, 2.24) is 0 Å². The number of nitro groups is 1. The number of rotatable bonds is 6. The average molecular weight is 296 g/mol. The average Bonchev–Trinajstić information content (AvgIpc) is 2.33. The van der Waals surface area contributed by atoms with Gasteiger partial charge in [-0.25, -0.2) is 4.79 Å². The number of nitrogens with zero attached hydrogens (tertiary/aromatic N) is 1. The minimum absolute atomic E-state index is 0.0206. The molecule has 0 aromatic heterocycles. The Labute approximate surface area is 114 Å². The van der Waals surface area contributed by atoms with E-state index in [2.05, 4.69) is 11.3 Å². The first-order valence-corrected chi connectivity index (χ1v) is 5.28. The number of methoxy groups -OCH3 is 2. The minimum Gasteiger partial charge on any atom is -0.496 e. The van der Waals surface area contributed by atoms with Crippen LogP contribution in [0.3, 0.4) is 0 Å². The third-order valence-corrected chi connectivity index (χ3v) is 2.43. The van der Waals surface area contributed by atoms with Crippen LogP contribution in [0.25, 0.3) is 0 Å². The van der Waals surface area contributed by atoms with Gasteiger partial charge in [-0.15, -0.1) is 0 Å². The molecule has 0 atom stereocenters. The molecule has 0 aromatic rings. The Kier molecular flexibility index (Phi) is 7.07. The molecule has 0 N–H and O–H groups in total. The Hall–Kier alpha value is -1.53. The SMILES string of the molecule is C=C(OC)/C(Cl)=C\C(Cl)=C(/C[N+](=O)[O-])C(=O)OC. The summed E-state index contributed by atoms with van der Waals surface area (Å²) in [7, 11) is 2.43. The monoisotopic (exact) mass is 295 g/mol. The van der Waals surface area contributed by atoms with Gasteiger partial charge in [0.1, 0.15) is 11.3 Å². The fourth-order valence-corrected chi connectivity index (χ4v) is 1.35. The number of ether oxygens (including phenoxy) is 2.